The zero-order valence-electron chi connectivity index (χ0n) is 16.2. The number of alkyl halides is 2. The summed E-state index contributed by atoms with van der Waals surface area (Å²) in [6, 6.07) is 1.67. The van der Waals surface area contributed by atoms with Gasteiger partial charge in [-0.05, 0) is 31.6 Å². The predicted octanol–water partition coefficient (Wildman–Crippen LogP) is 3.88. The van der Waals surface area contributed by atoms with Crippen molar-refractivity contribution in [2.45, 2.75) is 45.1 Å². The molecule has 1 fully saturated rings. The van der Waals surface area contributed by atoms with E-state index in [9.17, 15) is 13.6 Å². The zero-order chi connectivity index (χ0) is 20.5. The molecule has 0 radical (unpaired) electrons. The molecule has 1 saturated carbocycles. The topological polar surface area (TPSA) is 86.3 Å². The van der Waals surface area contributed by atoms with Gasteiger partial charge >= 0.3 is 0 Å². The summed E-state index contributed by atoms with van der Waals surface area (Å²) < 4.78 is 35.1. The van der Waals surface area contributed by atoms with Crippen LogP contribution < -0.4 is 10.1 Å². The van der Waals surface area contributed by atoms with Gasteiger partial charge in [0.1, 0.15) is 5.56 Å². The Kier molecular flexibility index (Phi) is 5.16. The first-order chi connectivity index (χ1) is 14.0. The minimum atomic E-state index is -2.80. The summed E-state index contributed by atoms with van der Waals surface area (Å²) in [6.45, 7) is 2.19. The molecular formula is C19H22F2N6O2. The predicted molar refractivity (Wildman–Crippen MR) is 101 cm³/mol. The second-order valence-corrected chi connectivity index (χ2v) is 7.37. The number of hydrogen-bond donors (Lipinski definition) is 1. The molecule has 1 aliphatic carbocycles. The minimum Gasteiger partial charge on any atom is -0.481 e. The number of aromatic nitrogens is 5. The molecule has 0 bridgehead atoms. The van der Waals surface area contributed by atoms with Crippen LogP contribution in [-0.4, -0.2) is 37.4 Å². The van der Waals surface area contributed by atoms with Crippen molar-refractivity contribution in [2.75, 3.05) is 12.4 Å². The van der Waals surface area contributed by atoms with E-state index < -0.39 is 18.0 Å². The molecule has 4 rings (SSSR count). The van der Waals surface area contributed by atoms with Crippen LogP contribution in [0.3, 0.4) is 0 Å². The van der Waals surface area contributed by atoms with E-state index in [-0.39, 0.29) is 22.9 Å². The number of carbonyl (C=O) groups is 1. The van der Waals surface area contributed by atoms with Crippen LogP contribution in [0, 0.1) is 5.92 Å². The molecule has 0 spiro atoms. The number of nitrogens with one attached hydrogen (secondary N) is 1. The van der Waals surface area contributed by atoms with E-state index in [4.69, 9.17) is 4.74 Å². The smallest absolute Gasteiger partial charge is 0.284 e. The van der Waals surface area contributed by atoms with Crippen LogP contribution in [0.1, 0.15) is 61.1 Å². The van der Waals surface area contributed by atoms with Crippen LogP contribution in [-0.2, 0) is 0 Å². The lowest BCUT2D eigenvalue weighted by Gasteiger charge is -2.26. The highest BCUT2D eigenvalue weighted by Crippen LogP contribution is 2.34. The highest BCUT2D eigenvalue weighted by molar-refractivity contribution is 6.08. The molecule has 0 atom stereocenters. The first-order valence-corrected chi connectivity index (χ1v) is 9.53. The van der Waals surface area contributed by atoms with Gasteiger partial charge in [0.2, 0.25) is 5.88 Å². The third kappa shape index (κ3) is 3.79. The van der Waals surface area contributed by atoms with Crippen molar-refractivity contribution in [3.8, 4) is 5.88 Å². The average Bonchev–Trinajstić information content (AvgIpc) is 3.32. The molecule has 10 heteroatoms. The molecule has 1 N–H and O–H groups in total. The number of carbonyl (C=O) groups excluding carboxylic acids is 1. The second kappa shape index (κ2) is 7.76. The number of nitrogens with zero attached hydrogens (tertiary/aromatic N) is 5. The molecule has 0 saturated heterocycles. The number of hydrogen-bond acceptors (Lipinski definition) is 5. The van der Waals surface area contributed by atoms with Gasteiger partial charge in [-0.3, -0.25) is 9.48 Å². The molecule has 8 nitrogen and oxygen atoms in total. The Morgan fingerprint density at radius 3 is 2.76 bits per heavy atom. The highest BCUT2D eigenvalue weighted by atomic mass is 19.3. The van der Waals surface area contributed by atoms with Crippen LogP contribution >= 0.6 is 0 Å². The fourth-order valence-corrected chi connectivity index (χ4v) is 3.67. The van der Waals surface area contributed by atoms with Gasteiger partial charge in [0.15, 0.2) is 11.3 Å². The number of anilines is 1. The SMILES string of the molecule is COc1ccn2ncc(C(=O)Nc3cn([C@H]4CC[C@H](C)CC4)nc3C(F)F)c2n1. The molecule has 3 aromatic heterocycles. The van der Waals surface area contributed by atoms with E-state index >= 15 is 0 Å². The lowest BCUT2D eigenvalue weighted by Crippen LogP contribution is -2.17. The number of rotatable bonds is 5. The van der Waals surface area contributed by atoms with Gasteiger partial charge in [-0.15, -0.1) is 0 Å². The Balaban J connectivity index is 1.61. The Morgan fingerprint density at radius 2 is 2.07 bits per heavy atom. The number of fused-ring (bicyclic) bond motifs is 1. The van der Waals surface area contributed by atoms with E-state index in [1.165, 1.54) is 24.0 Å². The molecule has 1 aliphatic rings. The summed E-state index contributed by atoms with van der Waals surface area (Å²) in [5, 5.41) is 10.7. The number of amides is 1. The van der Waals surface area contributed by atoms with E-state index in [1.54, 1.807) is 16.9 Å². The Bertz CT molecular complexity index is 1020. The van der Waals surface area contributed by atoms with Crippen LogP contribution in [0.4, 0.5) is 14.5 Å². The number of methoxy groups -OCH3 is 1. The summed E-state index contributed by atoms with van der Waals surface area (Å²) in [6.07, 6.45) is 5.48. The number of ether oxygens (including phenoxy) is 1. The van der Waals surface area contributed by atoms with Crippen LogP contribution in [0.2, 0.25) is 0 Å². The lowest BCUT2D eigenvalue weighted by atomic mass is 9.87. The lowest BCUT2D eigenvalue weighted by molar-refractivity contribution is 0.102. The van der Waals surface area contributed by atoms with E-state index in [1.807, 2.05) is 0 Å². The van der Waals surface area contributed by atoms with Crippen molar-refractivity contribution in [1.29, 1.82) is 0 Å². The van der Waals surface area contributed by atoms with Gasteiger partial charge in [0, 0.05) is 18.5 Å². The van der Waals surface area contributed by atoms with Gasteiger partial charge in [-0.1, -0.05) is 6.92 Å². The first-order valence-electron chi connectivity index (χ1n) is 9.53. The van der Waals surface area contributed by atoms with Crippen molar-refractivity contribution in [3.63, 3.8) is 0 Å². The number of halogens is 2. The molecular weight excluding hydrogens is 382 g/mol. The standard InChI is InChI=1S/C19H22F2N6O2/c1-11-3-5-12(6-4-11)27-10-14(16(25-27)17(20)21)23-19(28)13-9-22-26-8-7-15(29-2)24-18(13)26/h7-12,17H,3-6H2,1-2H3,(H,23,28)/t11-,12-. The molecule has 0 unspecified atom stereocenters. The quantitative estimate of drug-likeness (QED) is 0.698. The van der Waals surface area contributed by atoms with E-state index in [2.05, 4.69) is 27.4 Å². The second-order valence-electron chi connectivity index (χ2n) is 7.37. The molecule has 3 aromatic rings. The van der Waals surface area contributed by atoms with Crippen molar-refractivity contribution in [1.82, 2.24) is 24.4 Å². The summed E-state index contributed by atoms with van der Waals surface area (Å²) >= 11 is 0. The van der Waals surface area contributed by atoms with Gasteiger partial charge in [-0.2, -0.15) is 15.2 Å². The largest absolute Gasteiger partial charge is 0.481 e. The maximum Gasteiger partial charge on any atom is 0.284 e. The van der Waals surface area contributed by atoms with E-state index in [0.29, 0.717) is 11.8 Å². The third-order valence-corrected chi connectivity index (χ3v) is 5.37. The van der Waals surface area contributed by atoms with Gasteiger partial charge < -0.3 is 10.1 Å². The maximum absolute atomic E-state index is 13.5. The monoisotopic (exact) mass is 404 g/mol. The normalized spacial score (nSPS) is 19.6. The van der Waals surface area contributed by atoms with Crippen molar-refractivity contribution >= 4 is 17.2 Å². The van der Waals surface area contributed by atoms with Crippen molar-refractivity contribution in [3.05, 3.63) is 35.9 Å². The molecule has 154 valence electrons. The van der Waals surface area contributed by atoms with Crippen LogP contribution in [0.25, 0.3) is 5.65 Å². The Morgan fingerprint density at radius 1 is 1.31 bits per heavy atom. The molecule has 3 heterocycles. The molecule has 1 amide bonds. The third-order valence-electron chi connectivity index (χ3n) is 5.37. The summed E-state index contributed by atoms with van der Waals surface area (Å²) in [5.41, 5.74) is 0.00215. The maximum atomic E-state index is 13.5. The minimum absolute atomic E-state index is 0.00543. The van der Waals surface area contributed by atoms with Gasteiger partial charge in [-0.25, -0.2) is 13.3 Å². The van der Waals surface area contributed by atoms with Gasteiger partial charge in [0.25, 0.3) is 12.3 Å². The molecule has 0 aromatic carbocycles. The Hall–Kier alpha value is -3.04. The van der Waals surface area contributed by atoms with Crippen molar-refractivity contribution in [2.24, 2.45) is 5.92 Å². The molecule has 0 aliphatic heterocycles. The molecule has 29 heavy (non-hydrogen) atoms. The van der Waals surface area contributed by atoms with E-state index in [0.717, 1.165) is 25.7 Å². The summed E-state index contributed by atoms with van der Waals surface area (Å²) in [5.74, 6) is 0.370. The fourth-order valence-electron chi connectivity index (χ4n) is 3.67. The van der Waals surface area contributed by atoms with Gasteiger partial charge in [0.05, 0.1) is 25.0 Å². The highest BCUT2D eigenvalue weighted by Gasteiger charge is 2.26. The first kappa shape index (κ1) is 19.3. The summed E-state index contributed by atoms with van der Waals surface area (Å²) in [4.78, 5) is 17.0. The zero-order valence-corrected chi connectivity index (χ0v) is 16.2. The fraction of sp³-hybridized carbons (Fsp3) is 0.474. The summed E-state index contributed by atoms with van der Waals surface area (Å²) in [7, 11) is 1.46. The van der Waals surface area contributed by atoms with Crippen LogP contribution in [0.5, 0.6) is 5.88 Å². The van der Waals surface area contributed by atoms with Crippen molar-refractivity contribution < 1.29 is 18.3 Å². The average molecular weight is 404 g/mol. The van der Waals surface area contributed by atoms with Crippen LogP contribution in [0.15, 0.2) is 24.7 Å². The Labute approximate surface area is 165 Å².